The van der Waals surface area contributed by atoms with Crippen LogP contribution in [0.15, 0.2) is 0 Å². The van der Waals surface area contributed by atoms with Crippen LogP contribution in [0.5, 0.6) is 0 Å². The highest BCUT2D eigenvalue weighted by Crippen LogP contribution is 1.96. The standard InChI is InChI=1S/C5H11O.BrH.Mg/c1-3-4-5-6-2;;/h1,3-5H2,2H3;1H;/q;;+1/p-1/i2D3;;. The third-order valence-electron chi connectivity index (χ3n) is 0.880. The van der Waals surface area contributed by atoms with Gasteiger partial charge in [-0.1, -0.05) is 6.42 Å². The summed E-state index contributed by atoms with van der Waals surface area (Å²) in [5, 5.41) is 0. The lowest BCUT2D eigenvalue weighted by Gasteiger charge is -1.94. The number of hydrogen-bond donors (Lipinski definition) is 0. The summed E-state index contributed by atoms with van der Waals surface area (Å²) >= 11 is 3.40. The van der Waals surface area contributed by atoms with Crippen molar-refractivity contribution >= 4 is 31.1 Å². The van der Waals surface area contributed by atoms with Gasteiger partial charge < -0.3 is 17.6 Å². The highest BCUT2D eigenvalue weighted by atomic mass is 79.9. The minimum Gasteiger partial charge on any atom is -0.385 e. The second kappa shape index (κ2) is 8.21. The summed E-state index contributed by atoms with van der Waals surface area (Å²) in [6, 6.07) is 0. The number of methoxy groups -OCH3 is 1. The molecular formula is C5H11BrMgO. The van der Waals surface area contributed by atoms with Crippen LogP contribution < -0.4 is 0 Å². The lowest BCUT2D eigenvalue weighted by molar-refractivity contribution is 0.194. The molecule has 3 heteroatoms. The zero-order chi connectivity index (χ0) is 8.74. The summed E-state index contributed by atoms with van der Waals surface area (Å²) in [5.41, 5.74) is 0. The van der Waals surface area contributed by atoms with E-state index in [9.17, 15) is 0 Å². The number of halogens is 1. The Morgan fingerprint density at radius 3 is 3.25 bits per heavy atom. The molecule has 0 aromatic carbocycles. The summed E-state index contributed by atoms with van der Waals surface area (Å²) in [6.45, 7) is 0.359. The van der Waals surface area contributed by atoms with Gasteiger partial charge in [-0.2, -0.15) is 0 Å². The molecule has 0 atom stereocenters. The maximum atomic E-state index is 6.72. The Morgan fingerprint density at radius 1 is 1.75 bits per heavy atom. The molecule has 0 aliphatic carbocycles. The van der Waals surface area contributed by atoms with Crippen molar-refractivity contribution in [3.8, 4) is 0 Å². The molecule has 0 unspecified atom stereocenters. The SMILES string of the molecule is [2H]C([2H])([2H])OCCC[CH2][Mg][Br]. The molecule has 0 rings (SSSR count). The Labute approximate surface area is 71.0 Å². The topological polar surface area (TPSA) is 9.23 Å². The van der Waals surface area contributed by atoms with E-state index in [1.807, 2.05) is 0 Å². The monoisotopic (exact) mass is 193 g/mol. The van der Waals surface area contributed by atoms with E-state index in [4.69, 9.17) is 4.11 Å². The van der Waals surface area contributed by atoms with Crippen molar-refractivity contribution in [3.05, 3.63) is 0 Å². The molecule has 8 heavy (non-hydrogen) atoms. The van der Waals surface area contributed by atoms with Gasteiger partial charge in [-0.25, -0.2) is 0 Å². The van der Waals surface area contributed by atoms with Crippen molar-refractivity contribution in [2.75, 3.05) is 13.6 Å². The zero-order valence-electron chi connectivity index (χ0n) is 7.82. The van der Waals surface area contributed by atoms with Gasteiger partial charge in [0, 0.05) is 13.6 Å². The van der Waals surface area contributed by atoms with Crippen LogP contribution in [0.3, 0.4) is 0 Å². The highest BCUT2D eigenvalue weighted by Gasteiger charge is 1.88. The Balaban J connectivity index is 3.02. The molecule has 0 N–H and O–H groups in total. The lowest BCUT2D eigenvalue weighted by Crippen LogP contribution is -1.88. The quantitative estimate of drug-likeness (QED) is 0.479. The first-order valence-corrected chi connectivity index (χ1v) is 7.66. The van der Waals surface area contributed by atoms with Crippen molar-refractivity contribution < 1.29 is 8.85 Å². The maximum Gasteiger partial charge on any atom is 0.468 e. The first-order valence-electron chi connectivity index (χ1n) is 4.26. The molecule has 0 fully saturated rings. The van der Waals surface area contributed by atoms with Crippen LogP contribution in [-0.4, -0.2) is 31.8 Å². The van der Waals surface area contributed by atoms with Crippen molar-refractivity contribution in [1.82, 2.24) is 0 Å². The largest absolute Gasteiger partial charge is 0.468 e. The van der Waals surface area contributed by atoms with Gasteiger partial charge in [-0.15, -0.1) is 4.55 Å². The van der Waals surface area contributed by atoms with E-state index in [2.05, 4.69) is 17.6 Å². The average molecular weight is 194 g/mol. The lowest BCUT2D eigenvalue weighted by atomic mass is 10.4. The van der Waals surface area contributed by atoms with Gasteiger partial charge in [0.05, 0.1) is 4.11 Å². The van der Waals surface area contributed by atoms with Crippen molar-refractivity contribution in [2.45, 2.75) is 17.4 Å². The summed E-state index contributed by atoms with van der Waals surface area (Å²) in [7, 11) is -2.20. The van der Waals surface area contributed by atoms with Crippen LogP contribution in [0.2, 0.25) is 4.55 Å². The van der Waals surface area contributed by atoms with E-state index in [-0.39, 0.29) is 18.2 Å². The normalized spacial score (nSPS) is 15.9. The molecule has 0 aromatic rings. The summed E-state index contributed by atoms with van der Waals surface area (Å²) < 4.78 is 26.0. The third kappa shape index (κ3) is 7.21. The number of unbranched alkanes of at least 4 members (excludes halogenated alkanes) is 1. The van der Waals surface area contributed by atoms with Gasteiger partial charge in [0.15, 0.2) is 0 Å². The van der Waals surface area contributed by atoms with Gasteiger partial charge in [0.25, 0.3) is 0 Å². The molecule has 0 spiro atoms. The Kier molecular flexibility index (Phi) is 5.06. The average Bonchev–Trinajstić information content (AvgIpc) is 1.85. The van der Waals surface area contributed by atoms with Crippen LogP contribution in [0.4, 0.5) is 0 Å². The molecule has 0 bridgehead atoms. The summed E-state index contributed by atoms with van der Waals surface area (Å²) in [4.78, 5) is 0. The number of hydrogen-bond acceptors (Lipinski definition) is 1. The van der Waals surface area contributed by atoms with Crippen molar-refractivity contribution in [3.63, 3.8) is 0 Å². The predicted octanol–water partition coefficient (Wildman–Crippen LogP) is 1.85. The molecule has 0 radical (unpaired) electrons. The second-order valence-corrected chi connectivity index (χ2v) is 5.06. The van der Waals surface area contributed by atoms with E-state index in [0.29, 0.717) is 6.61 Å². The van der Waals surface area contributed by atoms with Gasteiger partial charge in [0.1, 0.15) is 0 Å². The van der Waals surface area contributed by atoms with Gasteiger partial charge in [-0.05, 0) is 6.42 Å². The minimum absolute atomic E-state index is 0.0318. The van der Waals surface area contributed by atoms with Crippen LogP contribution in [-0.2, 0) is 4.74 Å². The molecule has 0 aromatic heterocycles. The van der Waals surface area contributed by atoms with Crippen LogP contribution >= 0.6 is 12.9 Å². The van der Waals surface area contributed by atoms with E-state index < -0.39 is 7.04 Å². The van der Waals surface area contributed by atoms with E-state index >= 15 is 0 Å². The highest BCUT2D eigenvalue weighted by molar-refractivity contribution is 9.23. The van der Waals surface area contributed by atoms with E-state index in [0.717, 1.165) is 12.8 Å². The maximum absolute atomic E-state index is 6.72. The molecule has 0 amide bonds. The van der Waals surface area contributed by atoms with E-state index in [1.54, 1.807) is 0 Å². The summed E-state index contributed by atoms with van der Waals surface area (Å²) in [6.07, 6.45) is 1.94. The minimum atomic E-state index is -2.20. The Bertz CT molecular complexity index is 98.2. The third-order valence-corrected chi connectivity index (χ3v) is 3.33. The Hall–Kier alpha value is 1.21. The van der Waals surface area contributed by atoms with E-state index in [1.165, 1.54) is 4.55 Å². The van der Waals surface area contributed by atoms with Crippen LogP contribution in [0.1, 0.15) is 17.0 Å². The fraction of sp³-hybridized carbons (Fsp3) is 1.00. The molecule has 1 nitrogen and oxygen atoms in total. The van der Waals surface area contributed by atoms with Crippen LogP contribution in [0, 0.1) is 0 Å². The van der Waals surface area contributed by atoms with Gasteiger partial charge in [-0.3, -0.25) is 0 Å². The predicted molar refractivity (Wildman–Crippen MR) is 40.6 cm³/mol. The molecular weight excluding hydrogens is 180 g/mol. The zero-order valence-corrected chi connectivity index (χ0v) is 7.82. The van der Waals surface area contributed by atoms with Crippen LogP contribution in [0.25, 0.3) is 0 Å². The Morgan fingerprint density at radius 2 is 2.62 bits per heavy atom. The number of ether oxygens (including phenoxy) is 1. The fourth-order valence-electron chi connectivity index (χ4n) is 0.445. The fourth-order valence-corrected chi connectivity index (χ4v) is 2.18. The van der Waals surface area contributed by atoms with Crippen molar-refractivity contribution in [1.29, 1.82) is 0 Å². The molecule has 0 aliphatic rings. The van der Waals surface area contributed by atoms with Gasteiger partial charge in [0.2, 0.25) is 0 Å². The first-order chi connectivity index (χ1) is 5.06. The molecule has 0 saturated carbocycles. The molecule has 0 aliphatic heterocycles. The second-order valence-electron chi connectivity index (χ2n) is 1.60. The number of rotatable bonds is 5. The van der Waals surface area contributed by atoms with Gasteiger partial charge >= 0.3 is 18.2 Å². The molecule has 46 valence electrons. The smallest absolute Gasteiger partial charge is 0.385 e. The molecule has 0 heterocycles. The summed E-state index contributed by atoms with van der Waals surface area (Å²) in [5.74, 6) is 0. The molecule has 0 saturated heterocycles. The van der Waals surface area contributed by atoms with Crippen molar-refractivity contribution in [2.24, 2.45) is 0 Å². The first kappa shape index (κ1) is 4.94.